The first-order chi connectivity index (χ1) is 19.8. The highest BCUT2D eigenvalue weighted by atomic mass is 16.7. The predicted molar refractivity (Wildman–Crippen MR) is 150 cm³/mol. The van der Waals surface area contributed by atoms with Crippen LogP contribution in [0.2, 0.25) is 0 Å². The normalized spacial score (nSPS) is 13.3. The lowest BCUT2D eigenvalue weighted by Crippen LogP contribution is -2.31. The van der Waals surface area contributed by atoms with Gasteiger partial charge < -0.3 is 24.2 Å². The number of unbranched alkanes of at least 4 members (excludes halogenated alkanes) is 2. The Bertz CT molecular complexity index is 1300. The SMILES string of the molecule is COc1ccc(C(O)(c2ccc(OC)cc2)c2ccc(OC)c(CCCCCC(=O)ON3C(=O)CCC3=O)c2)cc1. The first-order valence-corrected chi connectivity index (χ1v) is 13.6. The second-order valence-electron chi connectivity index (χ2n) is 9.80. The van der Waals surface area contributed by atoms with Gasteiger partial charge in [0.2, 0.25) is 0 Å². The van der Waals surface area contributed by atoms with Crippen molar-refractivity contribution in [3.63, 3.8) is 0 Å². The van der Waals surface area contributed by atoms with E-state index in [1.165, 1.54) is 0 Å². The molecule has 9 nitrogen and oxygen atoms in total. The minimum absolute atomic E-state index is 0.0685. The van der Waals surface area contributed by atoms with E-state index in [9.17, 15) is 19.5 Å². The number of aliphatic hydroxyl groups is 1. The summed E-state index contributed by atoms with van der Waals surface area (Å²) in [6.45, 7) is 0. The van der Waals surface area contributed by atoms with Crippen molar-refractivity contribution in [2.75, 3.05) is 21.3 Å². The molecule has 1 saturated heterocycles. The molecule has 41 heavy (non-hydrogen) atoms. The van der Waals surface area contributed by atoms with Crippen LogP contribution < -0.4 is 14.2 Å². The zero-order chi connectivity index (χ0) is 29.4. The van der Waals surface area contributed by atoms with Crippen molar-refractivity contribution in [3.05, 3.63) is 89.0 Å². The standard InChI is InChI=1S/C32H35NO8/c1-38-26-14-9-23(10-15-26)32(37,24-11-16-27(39-2)17-12-24)25-13-18-28(40-3)22(21-25)7-5-4-6-8-31(36)41-33-29(34)19-20-30(33)35/h9-18,21,37H,4-8,19-20H2,1-3H3. The summed E-state index contributed by atoms with van der Waals surface area (Å²) in [6, 6.07) is 20.3. The number of carbonyl (C=O) groups excluding carboxylic acids is 3. The third kappa shape index (κ3) is 6.69. The molecular weight excluding hydrogens is 526 g/mol. The molecule has 0 unspecified atom stereocenters. The van der Waals surface area contributed by atoms with Crippen LogP contribution in [0.25, 0.3) is 0 Å². The number of aryl methyl sites for hydroxylation is 1. The quantitative estimate of drug-likeness (QED) is 0.182. The van der Waals surface area contributed by atoms with Gasteiger partial charge in [0.1, 0.15) is 22.8 Å². The summed E-state index contributed by atoms with van der Waals surface area (Å²) in [7, 11) is 4.80. The van der Waals surface area contributed by atoms with E-state index >= 15 is 0 Å². The number of ether oxygens (including phenoxy) is 3. The van der Waals surface area contributed by atoms with E-state index in [1.54, 1.807) is 21.3 Å². The number of hydrogen-bond acceptors (Lipinski definition) is 8. The molecule has 0 atom stereocenters. The van der Waals surface area contributed by atoms with Gasteiger partial charge in [0.05, 0.1) is 21.3 Å². The second kappa shape index (κ2) is 13.3. The van der Waals surface area contributed by atoms with Crippen LogP contribution in [0, 0.1) is 0 Å². The highest BCUT2D eigenvalue weighted by Gasteiger charge is 2.35. The zero-order valence-corrected chi connectivity index (χ0v) is 23.6. The van der Waals surface area contributed by atoms with E-state index in [2.05, 4.69) is 0 Å². The van der Waals surface area contributed by atoms with E-state index in [4.69, 9.17) is 19.0 Å². The van der Waals surface area contributed by atoms with Crippen LogP contribution in [-0.4, -0.2) is 49.3 Å². The summed E-state index contributed by atoms with van der Waals surface area (Å²) >= 11 is 0. The third-order valence-electron chi connectivity index (χ3n) is 7.24. The van der Waals surface area contributed by atoms with Crippen molar-refractivity contribution < 1.29 is 38.5 Å². The van der Waals surface area contributed by atoms with Crippen LogP contribution in [0.15, 0.2) is 66.7 Å². The van der Waals surface area contributed by atoms with Gasteiger partial charge in [-0.05, 0) is 77.9 Å². The predicted octanol–water partition coefficient (Wildman–Crippen LogP) is 4.71. The minimum atomic E-state index is -1.46. The lowest BCUT2D eigenvalue weighted by molar-refractivity contribution is -0.197. The molecule has 0 saturated carbocycles. The van der Waals surface area contributed by atoms with Gasteiger partial charge in [-0.1, -0.05) is 36.8 Å². The molecule has 1 N–H and O–H groups in total. The highest BCUT2D eigenvalue weighted by molar-refractivity contribution is 6.01. The monoisotopic (exact) mass is 561 g/mol. The second-order valence-corrected chi connectivity index (χ2v) is 9.80. The van der Waals surface area contributed by atoms with E-state index < -0.39 is 23.4 Å². The molecule has 1 fully saturated rings. The molecule has 9 heteroatoms. The van der Waals surface area contributed by atoms with Crippen molar-refractivity contribution >= 4 is 17.8 Å². The van der Waals surface area contributed by atoms with Gasteiger partial charge in [-0.25, -0.2) is 4.79 Å². The number of hydroxylamine groups is 2. The summed E-state index contributed by atoms with van der Waals surface area (Å²) < 4.78 is 16.3. The number of rotatable bonds is 13. The topological polar surface area (TPSA) is 112 Å². The third-order valence-corrected chi connectivity index (χ3v) is 7.24. The van der Waals surface area contributed by atoms with Gasteiger partial charge in [-0.3, -0.25) is 9.59 Å². The number of carbonyl (C=O) groups is 3. The largest absolute Gasteiger partial charge is 0.497 e. The molecule has 4 rings (SSSR count). The van der Waals surface area contributed by atoms with Gasteiger partial charge in [-0.2, -0.15) is 0 Å². The average molecular weight is 562 g/mol. The number of benzene rings is 3. The van der Waals surface area contributed by atoms with Crippen LogP contribution in [0.5, 0.6) is 17.2 Å². The minimum Gasteiger partial charge on any atom is -0.497 e. The van der Waals surface area contributed by atoms with Crippen molar-refractivity contribution in [2.24, 2.45) is 0 Å². The Morgan fingerprint density at radius 3 is 1.80 bits per heavy atom. The summed E-state index contributed by atoms with van der Waals surface area (Å²) in [5, 5.41) is 12.9. The fraction of sp³-hybridized carbons (Fsp3) is 0.344. The van der Waals surface area contributed by atoms with Crippen molar-refractivity contribution in [1.82, 2.24) is 5.06 Å². The first-order valence-electron chi connectivity index (χ1n) is 13.6. The number of amides is 2. The molecule has 0 aromatic heterocycles. The van der Waals surface area contributed by atoms with E-state index in [1.807, 2.05) is 66.7 Å². The Kier molecular flexibility index (Phi) is 9.62. The maximum atomic E-state index is 12.3. The lowest BCUT2D eigenvalue weighted by atomic mass is 9.79. The maximum Gasteiger partial charge on any atom is 0.333 e. The van der Waals surface area contributed by atoms with E-state index in [-0.39, 0.29) is 19.3 Å². The van der Waals surface area contributed by atoms with Gasteiger partial charge >= 0.3 is 5.97 Å². The molecule has 0 spiro atoms. The summed E-state index contributed by atoms with van der Waals surface area (Å²) in [5.74, 6) is 0.495. The molecule has 2 amide bonds. The van der Waals surface area contributed by atoms with Crippen LogP contribution in [-0.2, 0) is 31.2 Å². The summed E-state index contributed by atoms with van der Waals surface area (Å²) in [4.78, 5) is 40.3. The molecular formula is C32H35NO8. The molecule has 0 aliphatic carbocycles. The highest BCUT2D eigenvalue weighted by Crippen LogP contribution is 2.40. The average Bonchev–Trinajstić information content (AvgIpc) is 3.32. The lowest BCUT2D eigenvalue weighted by Gasteiger charge is -2.31. The van der Waals surface area contributed by atoms with E-state index in [0.717, 1.165) is 12.0 Å². The van der Waals surface area contributed by atoms with Crippen LogP contribution in [0.1, 0.15) is 60.8 Å². The molecule has 3 aromatic rings. The van der Waals surface area contributed by atoms with Crippen molar-refractivity contribution in [2.45, 2.75) is 50.5 Å². The van der Waals surface area contributed by atoms with Gasteiger partial charge in [0.25, 0.3) is 11.8 Å². The number of methoxy groups -OCH3 is 3. The molecule has 216 valence electrons. The van der Waals surface area contributed by atoms with Crippen molar-refractivity contribution in [3.8, 4) is 17.2 Å². The molecule has 1 aliphatic heterocycles. The summed E-state index contributed by atoms with van der Waals surface area (Å²) in [6.07, 6.45) is 2.89. The van der Waals surface area contributed by atoms with Crippen LogP contribution >= 0.6 is 0 Å². The Morgan fingerprint density at radius 1 is 0.756 bits per heavy atom. The molecule has 3 aromatic carbocycles. The van der Waals surface area contributed by atoms with Crippen LogP contribution in [0.4, 0.5) is 0 Å². The number of imide groups is 1. The Labute approximate surface area is 239 Å². The molecule has 0 radical (unpaired) electrons. The Morgan fingerprint density at radius 2 is 1.29 bits per heavy atom. The first kappa shape index (κ1) is 29.6. The Balaban J connectivity index is 1.50. The van der Waals surface area contributed by atoms with Gasteiger partial charge in [0, 0.05) is 19.3 Å². The number of hydrogen-bond donors (Lipinski definition) is 1. The molecule has 1 aliphatic rings. The number of nitrogens with zero attached hydrogens (tertiary/aromatic N) is 1. The molecule has 0 bridgehead atoms. The zero-order valence-electron chi connectivity index (χ0n) is 23.6. The summed E-state index contributed by atoms with van der Waals surface area (Å²) in [5.41, 5.74) is 1.47. The van der Waals surface area contributed by atoms with Gasteiger partial charge in [-0.15, -0.1) is 5.06 Å². The Hall–Kier alpha value is -4.37. The maximum absolute atomic E-state index is 12.3. The van der Waals surface area contributed by atoms with Crippen molar-refractivity contribution in [1.29, 1.82) is 0 Å². The smallest absolute Gasteiger partial charge is 0.333 e. The fourth-order valence-electron chi connectivity index (χ4n) is 4.93. The van der Waals surface area contributed by atoms with E-state index in [0.29, 0.717) is 58.3 Å². The van der Waals surface area contributed by atoms with Crippen LogP contribution in [0.3, 0.4) is 0 Å². The van der Waals surface area contributed by atoms with Gasteiger partial charge in [0.15, 0.2) is 0 Å². The fourth-order valence-corrected chi connectivity index (χ4v) is 4.93. The molecule has 1 heterocycles.